The van der Waals surface area contributed by atoms with Crippen LogP contribution in [0.25, 0.3) is 0 Å². The van der Waals surface area contributed by atoms with Gasteiger partial charge in [-0.1, -0.05) is 0 Å². The lowest BCUT2D eigenvalue weighted by molar-refractivity contribution is 0.0481. The van der Waals surface area contributed by atoms with Crippen LogP contribution in [-0.2, 0) is 0 Å². The van der Waals surface area contributed by atoms with E-state index >= 15 is 0 Å². The summed E-state index contributed by atoms with van der Waals surface area (Å²) in [6, 6.07) is 7.63. The molecule has 1 atom stereocenters. The Labute approximate surface area is 102 Å². The number of rotatable bonds is 2. The summed E-state index contributed by atoms with van der Waals surface area (Å²) in [6.45, 7) is 3.75. The highest BCUT2D eigenvalue weighted by molar-refractivity contribution is 5.75. The predicted octanol–water partition coefficient (Wildman–Crippen LogP) is 2.24. The van der Waals surface area contributed by atoms with Gasteiger partial charge in [0.1, 0.15) is 6.29 Å². The zero-order chi connectivity index (χ0) is 12.3. The molecule has 0 amide bonds. The van der Waals surface area contributed by atoms with E-state index in [1.165, 1.54) is 0 Å². The Morgan fingerprint density at radius 1 is 1.24 bits per heavy atom. The van der Waals surface area contributed by atoms with Gasteiger partial charge in [-0.2, -0.15) is 0 Å². The highest BCUT2D eigenvalue weighted by Gasteiger charge is 2.24. The average molecular weight is 233 g/mol. The van der Waals surface area contributed by atoms with Crippen molar-refractivity contribution < 1.29 is 9.90 Å². The molecule has 3 heteroatoms. The van der Waals surface area contributed by atoms with Crippen molar-refractivity contribution in [3.8, 4) is 0 Å². The molecule has 2 rings (SSSR count). The molecule has 0 spiro atoms. The number of nitrogens with zero attached hydrogens (tertiary/aromatic N) is 1. The Morgan fingerprint density at radius 3 is 2.59 bits per heavy atom. The summed E-state index contributed by atoms with van der Waals surface area (Å²) >= 11 is 0. The molecule has 0 bridgehead atoms. The topological polar surface area (TPSA) is 40.5 Å². The van der Waals surface area contributed by atoms with Crippen LogP contribution in [0.1, 0.15) is 36.5 Å². The summed E-state index contributed by atoms with van der Waals surface area (Å²) in [4.78, 5) is 12.9. The second kappa shape index (κ2) is 4.88. The van der Waals surface area contributed by atoms with Crippen LogP contribution in [-0.4, -0.2) is 30.1 Å². The van der Waals surface area contributed by atoms with Gasteiger partial charge in [-0.05, 0) is 50.5 Å². The Hall–Kier alpha value is -1.35. The number of carbonyl (C=O) groups is 1. The van der Waals surface area contributed by atoms with Crippen LogP contribution in [0.4, 0.5) is 5.69 Å². The number of anilines is 1. The Morgan fingerprint density at radius 2 is 1.94 bits per heavy atom. The van der Waals surface area contributed by atoms with Gasteiger partial charge in [0.2, 0.25) is 0 Å². The van der Waals surface area contributed by atoms with Gasteiger partial charge in [-0.15, -0.1) is 0 Å². The fraction of sp³-hybridized carbons (Fsp3) is 0.500. The van der Waals surface area contributed by atoms with Gasteiger partial charge < -0.3 is 10.0 Å². The average Bonchev–Trinajstić information content (AvgIpc) is 2.50. The number of aliphatic hydroxyl groups is 1. The van der Waals surface area contributed by atoms with E-state index in [0.29, 0.717) is 5.56 Å². The fourth-order valence-corrected chi connectivity index (χ4v) is 2.29. The van der Waals surface area contributed by atoms with Crippen LogP contribution in [0.15, 0.2) is 24.3 Å². The first kappa shape index (κ1) is 12.1. The summed E-state index contributed by atoms with van der Waals surface area (Å²) in [5, 5.41) is 10.0. The molecule has 1 aromatic rings. The van der Waals surface area contributed by atoms with E-state index in [0.717, 1.165) is 44.3 Å². The van der Waals surface area contributed by atoms with Crippen molar-refractivity contribution in [2.24, 2.45) is 0 Å². The maximum absolute atomic E-state index is 10.6. The summed E-state index contributed by atoms with van der Waals surface area (Å²) in [7, 11) is 0. The zero-order valence-corrected chi connectivity index (χ0v) is 10.2. The van der Waals surface area contributed by atoms with Crippen LogP contribution in [0.2, 0.25) is 0 Å². The lowest BCUT2D eigenvalue weighted by Crippen LogP contribution is -2.28. The standard InChI is InChI=1S/C14H19NO2/c1-14(17)7-2-9-15(10-8-14)13-5-3-12(11-16)4-6-13/h3-6,11,17H,2,7-10H2,1H3. The van der Waals surface area contributed by atoms with E-state index in [4.69, 9.17) is 0 Å². The highest BCUT2D eigenvalue weighted by Crippen LogP contribution is 2.25. The van der Waals surface area contributed by atoms with Crippen molar-refractivity contribution in [2.45, 2.75) is 31.8 Å². The second-order valence-corrected chi connectivity index (χ2v) is 5.05. The fourth-order valence-electron chi connectivity index (χ4n) is 2.29. The summed E-state index contributed by atoms with van der Waals surface area (Å²) in [5.41, 5.74) is 1.31. The molecular formula is C14H19NO2. The number of hydrogen-bond acceptors (Lipinski definition) is 3. The van der Waals surface area contributed by atoms with Crippen LogP contribution in [0, 0.1) is 0 Å². The van der Waals surface area contributed by atoms with E-state index in [2.05, 4.69) is 4.90 Å². The molecule has 1 saturated heterocycles. The maximum Gasteiger partial charge on any atom is 0.150 e. The molecule has 0 aliphatic carbocycles. The largest absolute Gasteiger partial charge is 0.390 e. The molecule has 1 aromatic carbocycles. The molecule has 3 nitrogen and oxygen atoms in total. The minimum Gasteiger partial charge on any atom is -0.390 e. The first-order valence-corrected chi connectivity index (χ1v) is 6.13. The lowest BCUT2D eigenvalue weighted by Gasteiger charge is -2.24. The zero-order valence-electron chi connectivity index (χ0n) is 10.2. The minimum atomic E-state index is -0.530. The molecule has 1 aliphatic rings. The third kappa shape index (κ3) is 3.07. The molecule has 0 aromatic heterocycles. The van der Waals surface area contributed by atoms with E-state index in [9.17, 15) is 9.90 Å². The molecule has 1 unspecified atom stereocenters. The smallest absolute Gasteiger partial charge is 0.150 e. The summed E-state index contributed by atoms with van der Waals surface area (Å²) in [6.07, 6.45) is 3.51. The van der Waals surface area contributed by atoms with Gasteiger partial charge in [-0.25, -0.2) is 0 Å². The van der Waals surface area contributed by atoms with Crippen molar-refractivity contribution in [3.05, 3.63) is 29.8 Å². The van der Waals surface area contributed by atoms with Crippen molar-refractivity contribution in [1.82, 2.24) is 0 Å². The van der Waals surface area contributed by atoms with Gasteiger partial charge in [0.05, 0.1) is 5.60 Å². The molecule has 1 fully saturated rings. The van der Waals surface area contributed by atoms with E-state index < -0.39 is 5.60 Å². The van der Waals surface area contributed by atoms with E-state index in [1.807, 2.05) is 31.2 Å². The van der Waals surface area contributed by atoms with Crippen LogP contribution in [0.3, 0.4) is 0 Å². The Kier molecular flexibility index (Phi) is 3.48. The SMILES string of the molecule is CC1(O)CCCN(c2ccc(C=O)cc2)CC1. The second-order valence-electron chi connectivity index (χ2n) is 5.05. The molecule has 0 saturated carbocycles. The first-order valence-electron chi connectivity index (χ1n) is 6.13. The molecule has 0 radical (unpaired) electrons. The van der Waals surface area contributed by atoms with E-state index in [1.54, 1.807) is 0 Å². The van der Waals surface area contributed by atoms with E-state index in [-0.39, 0.29) is 0 Å². The first-order chi connectivity index (χ1) is 8.11. The third-order valence-electron chi connectivity index (χ3n) is 3.46. The van der Waals surface area contributed by atoms with Crippen molar-refractivity contribution in [2.75, 3.05) is 18.0 Å². The molecular weight excluding hydrogens is 214 g/mol. The lowest BCUT2D eigenvalue weighted by atomic mass is 9.98. The number of aldehydes is 1. The number of hydrogen-bond donors (Lipinski definition) is 1. The van der Waals surface area contributed by atoms with Gasteiger partial charge in [-0.3, -0.25) is 4.79 Å². The summed E-state index contributed by atoms with van der Waals surface area (Å²) < 4.78 is 0. The minimum absolute atomic E-state index is 0.530. The summed E-state index contributed by atoms with van der Waals surface area (Å²) in [5.74, 6) is 0. The highest BCUT2D eigenvalue weighted by atomic mass is 16.3. The molecule has 17 heavy (non-hydrogen) atoms. The predicted molar refractivity (Wildman–Crippen MR) is 68.5 cm³/mol. The van der Waals surface area contributed by atoms with Gasteiger partial charge >= 0.3 is 0 Å². The molecule has 1 aliphatic heterocycles. The molecule has 1 N–H and O–H groups in total. The van der Waals surface area contributed by atoms with Crippen molar-refractivity contribution in [1.29, 1.82) is 0 Å². The third-order valence-corrected chi connectivity index (χ3v) is 3.46. The van der Waals surface area contributed by atoms with Gasteiger partial charge in [0, 0.05) is 24.3 Å². The number of carbonyl (C=O) groups excluding carboxylic acids is 1. The van der Waals surface area contributed by atoms with Crippen molar-refractivity contribution >= 4 is 12.0 Å². The Balaban J connectivity index is 2.08. The monoisotopic (exact) mass is 233 g/mol. The molecule has 1 heterocycles. The van der Waals surface area contributed by atoms with Gasteiger partial charge in [0.15, 0.2) is 0 Å². The van der Waals surface area contributed by atoms with Crippen LogP contribution < -0.4 is 4.90 Å². The number of benzene rings is 1. The quantitative estimate of drug-likeness (QED) is 0.796. The van der Waals surface area contributed by atoms with Crippen LogP contribution >= 0.6 is 0 Å². The normalized spacial score (nSPS) is 25.4. The Bertz CT molecular complexity index is 384. The molecule has 92 valence electrons. The van der Waals surface area contributed by atoms with Crippen LogP contribution in [0.5, 0.6) is 0 Å². The maximum atomic E-state index is 10.6. The van der Waals surface area contributed by atoms with Crippen molar-refractivity contribution in [3.63, 3.8) is 0 Å². The van der Waals surface area contributed by atoms with Gasteiger partial charge in [0.25, 0.3) is 0 Å².